The molecule has 0 spiro atoms. The largest absolute Gasteiger partial charge is 0.493 e. The second kappa shape index (κ2) is 10.3. The number of benzene rings is 2. The van der Waals surface area contributed by atoms with Crippen molar-refractivity contribution in [3.8, 4) is 5.75 Å². The Morgan fingerprint density at radius 2 is 2.00 bits per heavy atom. The molecule has 0 aromatic heterocycles. The van der Waals surface area contributed by atoms with Crippen molar-refractivity contribution in [3.63, 3.8) is 0 Å². The normalized spacial score (nSPS) is 13.3. The van der Waals surface area contributed by atoms with E-state index >= 15 is 0 Å². The zero-order chi connectivity index (χ0) is 19.6. The molecule has 3 rings (SSSR count). The van der Waals surface area contributed by atoms with Gasteiger partial charge in [0.05, 0.1) is 12.3 Å². The Kier molecular flexibility index (Phi) is 7.29. The number of hydrazone groups is 1. The molecule has 1 aliphatic heterocycles. The SMILES string of the molecule is O=C(O)CCCCNC1=NN(c2cccc(OCCc3ccccc3)c2)CC1. The standard InChI is InChI=1S/C22H27N3O3/c26-22(27)11-4-5-14-23-21-12-15-25(24-21)19-9-6-10-20(17-19)28-16-13-18-7-2-1-3-8-18/h1-3,6-10,17H,4-5,11-16H2,(H,23,24)(H,26,27). The van der Waals surface area contributed by atoms with Crippen molar-refractivity contribution in [1.82, 2.24) is 5.32 Å². The Hall–Kier alpha value is -3.02. The first-order valence-corrected chi connectivity index (χ1v) is 9.78. The summed E-state index contributed by atoms with van der Waals surface area (Å²) in [5, 5.41) is 18.6. The minimum Gasteiger partial charge on any atom is -0.493 e. The number of anilines is 1. The fraction of sp³-hybridized carbons (Fsp3) is 0.364. The summed E-state index contributed by atoms with van der Waals surface area (Å²) >= 11 is 0. The number of amidine groups is 1. The second-order valence-electron chi connectivity index (χ2n) is 6.78. The van der Waals surface area contributed by atoms with Crippen LogP contribution in [0.25, 0.3) is 0 Å². The minimum absolute atomic E-state index is 0.220. The number of ether oxygens (including phenoxy) is 1. The monoisotopic (exact) mass is 381 g/mol. The first kappa shape index (κ1) is 19.7. The Bertz CT molecular complexity index is 793. The molecule has 0 saturated carbocycles. The number of carboxylic acids is 1. The number of nitrogens with zero attached hydrogens (tertiary/aromatic N) is 2. The number of rotatable bonds is 10. The maximum absolute atomic E-state index is 10.5. The fourth-order valence-corrected chi connectivity index (χ4v) is 3.07. The number of unbranched alkanes of at least 4 members (excludes halogenated alkanes) is 1. The highest BCUT2D eigenvalue weighted by Gasteiger charge is 2.16. The smallest absolute Gasteiger partial charge is 0.303 e. The van der Waals surface area contributed by atoms with E-state index in [-0.39, 0.29) is 6.42 Å². The van der Waals surface area contributed by atoms with Crippen LogP contribution in [0.4, 0.5) is 5.69 Å². The molecule has 6 heteroatoms. The van der Waals surface area contributed by atoms with Crippen LogP contribution in [0.5, 0.6) is 5.75 Å². The maximum atomic E-state index is 10.5. The van der Waals surface area contributed by atoms with Crippen molar-refractivity contribution in [1.29, 1.82) is 0 Å². The number of carbonyl (C=O) groups is 1. The highest BCUT2D eigenvalue weighted by molar-refractivity contribution is 5.85. The average molecular weight is 381 g/mol. The number of hydrogen-bond acceptors (Lipinski definition) is 5. The summed E-state index contributed by atoms with van der Waals surface area (Å²) in [6.45, 7) is 2.22. The molecule has 0 saturated heterocycles. The predicted molar refractivity (Wildman–Crippen MR) is 111 cm³/mol. The Labute approximate surface area is 165 Å². The van der Waals surface area contributed by atoms with Crippen LogP contribution in [0.2, 0.25) is 0 Å². The molecule has 0 bridgehead atoms. The van der Waals surface area contributed by atoms with Gasteiger partial charge in [0.25, 0.3) is 0 Å². The number of carboxylic acid groups (broad SMARTS) is 1. The van der Waals surface area contributed by atoms with E-state index in [1.54, 1.807) is 0 Å². The van der Waals surface area contributed by atoms with E-state index in [0.29, 0.717) is 13.0 Å². The van der Waals surface area contributed by atoms with Gasteiger partial charge in [-0.15, -0.1) is 0 Å². The van der Waals surface area contributed by atoms with E-state index in [0.717, 1.165) is 49.6 Å². The highest BCUT2D eigenvalue weighted by Crippen LogP contribution is 2.24. The first-order valence-electron chi connectivity index (χ1n) is 9.78. The number of nitrogens with one attached hydrogen (secondary N) is 1. The lowest BCUT2D eigenvalue weighted by Gasteiger charge is -2.15. The van der Waals surface area contributed by atoms with Crippen molar-refractivity contribution < 1.29 is 14.6 Å². The van der Waals surface area contributed by atoms with Crippen molar-refractivity contribution >= 4 is 17.5 Å². The molecule has 0 unspecified atom stereocenters. The number of hydrogen-bond donors (Lipinski definition) is 2. The van der Waals surface area contributed by atoms with E-state index in [4.69, 9.17) is 9.84 Å². The lowest BCUT2D eigenvalue weighted by molar-refractivity contribution is -0.137. The van der Waals surface area contributed by atoms with Gasteiger partial charge in [-0.1, -0.05) is 36.4 Å². The van der Waals surface area contributed by atoms with Crippen LogP contribution in [-0.4, -0.2) is 36.6 Å². The molecule has 148 valence electrons. The van der Waals surface area contributed by atoms with E-state index in [1.807, 2.05) is 47.5 Å². The Morgan fingerprint density at radius 3 is 2.82 bits per heavy atom. The summed E-state index contributed by atoms with van der Waals surface area (Å²) in [5.41, 5.74) is 2.28. The van der Waals surface area contributed by atoms with Crippen LogP contribution >= 0.6 is 0 Å². The third-order valence-electron chi connectivity index (χ3n) is 4.57. The zero-order valence-corrected chi connectivity index (χ0v) is 16.0. The van der Waals surface area contributed by atoms with Crippen molar-refractivity contribution in [3.05, 3.63) is 60.2 Å². The molecule has 0 amide bonds. The molecule has 2 N–H and O–H groups in total. The molecular weight excluding hydrogens is 354 g/mol. The zero-order valence-electron chi connectivity index (χ0n) is 16.0. The molecular formula is C22H27N3O3. The van der Waals surface area contributed by atoms with Crippen LogP contribution in [0.15, 0.2) is 59.7 Å². The molecule has 1 heterocycles. The molecule has 2 aromatic carbocycles. The molecule has 0 atom stereocenters. The summed E-state index contributed by atoms with van der Waals surface area (Å²) in [6.07, 6.45) is 3.47. The molecule has 28 heavy (non-hydrogen) atoms. The van der Waals surface area contributed by atoms with Crippen LogP contribution in [-0.2, 0) is 11.2 Å². The molecule has 1 aliphatic rings. The van der Waals surface area contributed by atoms with Crippen LogP contribution < -0.4 is 15.1 Å². The van der Waals surface area contributed by atoms with Gasteiger partial charge in [0.1, 0.15) is 11.6 Å². The van der Waals surface area contributed by atoms with Gasteiger partial charge in [-0.25, -0.2) is 0 Å². The summed E-state index contributed by atoms with van der Waals surface area (Å²) in [7, 11) is 0. The van der Waals surface area contributed by atoms with Gasteiger partial charge in [0, 0.05) is 38.4 Å². The summed E-state index contributed by atoms with van der Waals surface area (Å²) in [5.74, 6) is 1.06. The van der Waals surface area contributed by atoms with Crippen molar-refractivity contribution in [2.75, 3.05) is 24.7 Å². The Morgan fingerprint density at radius 1 is 1.14 bits per heavy atom. The third-order valence-corrected chi connectivity index (χ3v) is 4.57. The third kappa shape index (κ3) is 6.30. The lowest BCUT2D eigenvalue weighted by atomic mass is 10.2. The van der Waals surface area contributed by atoms with E-state index in [1.165, 1.54) is 5.56 Å². The van der Waals surface area contributed by atoms with Crippen molar-refractivity contribution in [2.24, 2.45) is 5.10 Å². The quantitative estimate of drug-likeness (QED) is 0.614. The summed E-state index contributed by atoms with van der Waals surface area (Å²) < 4.78 is 5.91. The Balaban J connectivity index is 1.45. The lowest BCUT2D eigenvalue weighted by Crippen LogP contribution is -2.22. The van der Waals surface area contributed by atoms with Gasteiger partial charge in [-0.05, 0) is 30.5 Å². The van der Waals surface area contributed by atoms with Gasteiger partial charge in [-0.2, -0.15) is 5.10 Å². The summed E-state index contributed by atoms with van der Waals surface area (Å²) in [6, 6.07) is 18.3. The van der Waals surface area contributed by atoms with Gasteiger partial charge in [0.15, 0.2) is 0 Å². The van der Waals surface area contributed by atoms with Gasteiger partial charge >= 0.3 is 5.97 Å². The molecule has 0 fully saturated rings. The van der Waals surface area contributed by atoms with E-state index in [9.17, 15) is 4.79 Å². The van der Waals surface area contributed by atoms with E-state index < -0.39 is 5.97 Å². The van der Waals surface area contributed by atoms with Gasteiger partial charge < -0.3 is 15.2 Å². The predicted octanol–water partition coefficient (Wildman–Crippen LogP) is 3.68. The van der Waals surface area contributed by atoms with Crippen LogP contribution in [0.1, 0.15) is 31.2 Å². The van der Waals surface area contributed by atoms with Gasteiger partial charge in [0.2, 0.25) is 0 Å². The number of aliphatic carboxylic acids is 1. The first-order chi connectivity index (χ1) is 13.7. The molecule has 0 radical (unpaired) electrons. The van der Waals surface area contributed by atoms with E-state index in [2.05, 4.69) is 22.6 Å². The maximum Gasteiger partial charge on any atom is 0.303 e. The van der Waals surface area contributed by atoms with Gasteiger partial charge in [-0.3, -0.25) is 9.80 Å². The average Bonchev–Trinajstić information content (AvgIpc) is 3.18. The van der Waals surface area contributed by atoms with Crippen LogP contribution in [0.3, 0.4) is 0 Å². The topological polar surface area (TPSA) is 74.2 Å². The molecule has 2 aromatic rings. The highest BCUT2D eigenvalue weighted by atomic mass is 16.5. The van der Waals surface area contributed by atoms with Crippen LogP contribution in [0, 0.1) is 0 Å². The minimum atomic E-state index is -0.741. The second-order valence-corrected chi connectivity index (χ2v) is 6.78. The fourth-order valence-electron chi connectivity index (χ4n) is 3.07. The van der Waals surface area contributed by atoms with Crippen molar-refractivity contribution in [2.45, 2.75) is 32.1 Å². The molecule has 6 nitrogen and oxygen atoms in total. The molecule has 0 aliphatic carbocycles. The summed E-state index contributed by atoms with van der Waals surface area (Å²) in [4.78, 5) is 10.5.